The van der Waals surface area contributed by atoms with Gasteiger partial charge in [0.15, 0.2) is 0 Å². The number of phenolic OH excluding ortho intramolecular Hbond substituents is 1. The maximum atomic E-state index is 12.6. The van der Waals surface area contributed by atoms with Gasteiger partial charge in [-0.05, 0) is 49.2 Å². The summed E-state index contributed by atoms with van der Waals surface area (Å²) >= 11 is 11.9. The van der Waals surface area contributed by atoms with Crippen LogP contribution in [0, 0.1) is 0 Å². The van der Waals surface area contributed by atoms with Crippen LogP contribution < -0.4 is 10.0 Å². The van der Waals surface area contributed by atoms with Gasteiger partial charge in [0.25, 0.3) is 5.91 Å². The predicted octanol–water partition coefficient (Wildman–Crippen LogP) is 3.41. The second-order valence-electron chi connectivity index (χ2n) is 6.25. The van der Waals surface area contributed by atoms with E-state index in [4.69, 9.17) is 27.9 Å². The third kappa shape index (κ3) is 4.95. The number of hydrogen-bond acceptors (Lipinski definition) is 5. The van der Waals surface area contributed by atoms with Crippen molar-refractivity contribution in [3.05, 3.63) is 52.0 Å². The number of carbonyl (C=O) groups excluding carboxylic acids is 1. The Bertz CT molecular complexity index is 991. The first-order chi connectivity index (χ1) is 13.3. The van der Waals surface area contributed by atoms with Crippen LogP contribution >= 0.6 is 23.2 Å². The molecule has 0 bridgehead atoms. The fourth-order valence-corrected chi connectivity index (χ4v) is 4.50. The van der Waals surface area contributed by atoms with Crippen molar-refractivity contribution < 1.29 is 23.1 Å². The fourth-order valence-electron chi connectivity index (χ4n) is 2.74. The van der Waals surface area contributed by atoms with Crippen LogP contribution in [-0.4, -0.2) is 38.7 Å². The first kappa shape index (κ1) is 20.9. The third-order valence-electron chi connectivity index (χ3n) is 4.21. The van der Waals surface area contributed by atoms with Gasteiger partial charge < -0.3 is 15.2 Å². The monoisotopic (exact) mass is 444 g/mol. The molecule has 2 aromatic rings. The minimum Gasteiger partial charge on any atom is -0.506 e. The van der Waals surface area contributed by atoms with Crippen LogP contribution in [0.25, 0.3) is 0 Å². The number of anilines is 1. The second kappa shape index (κ2) is 8.67. The first-order valence-corrected chi connectivity index (χ1v) is 10.7. The van der Waals surface area contributed by atoms with E-state index in [0.717, 1.165) is 12.8 Å². The van der Waals surface area contributed by atoms with Crippen molar-refractivity contribution in [3.63, 3.8) is 0 Å². The Labute approximate surface area is 172 Å². The molecule has 1 saturated heterocycles. The standard InChI is InChI=1S/C18H18Cl2N2O5S/c19-12-4-6-16(23)15(9-12)22-18(24)11-3-5-14(20)17(8-11)28(25,26)21-10-13-2-1-7-27-13/h3-6,8-9,13,21,23H,1-2,7,10H2,(H,22,24). The molecule has 1 aliphatic heterocycles. The lowest BCUT2D eigenvalue weighted by Gasteiger charge is -2.13. The van der Waals surface area contributed by atoms with E-state index in [2.05, 4.69) is 10.0 Å². The zero-order chi connectivity index (χ0) is 20.3. The maximum Gasteiger partial charge on any atom is 0.255 e. The highest BCUT2D eigenvalue weighted by atomic mass is 35.5. The van der Waals surface area contributed by atoms with Crippen molar-refractivity contribution in [1.29, 1.82) is 0 Å². The number of halogens is 2. The van der Waals surface area contributed by atoms with Gasteiger partial charge in [-0.2, -0.15) is 0 Å². The van der Waals surface area contributed by atoms with E-state index in [1.807, 2.05) is 0 Å². The Hall–Kier alpha value is -1.84. The second-order valence-corrected chi connectivity index (χ2v) is 8.83. The highest BCUT2D eigenvalue weighted by molar-refractivity contribution is 7.89. The molecule has 1 amide bonds. The molecule has 0 saturated carbocycles. The average molecular weight is 445 g/mol. The molecule has 2 aromatic carbocycles. The first-order valence-electron chi connectivity index (χ1n) is 8.47. The highest BCUT2D eigenvalue weighted by Crippen LogP contribution is 2.28. The lowest BCUT2D eigenvalue weighted by molar-refractivity contribution is 0.102. The number of hydrogen-bond donors (Lipinski definition) is 3. The van der Waals surface area contributed by atoms with Crippen LogP contribution in [0.1, 0.15) is 23.2 Å². The average Bonchev–Trinajstić information content (AvgIpc) is 3.17. The van der Waals surface area contributed by atoms with E-state index in [-0.39, 0.29) is 39.6 Å². The Balaban J connectivity index is 1.79. The molecule has 1 heterocycles. The van der Waals surface area contributed by atoms with Crippen LogP contribution in [0.5, 0.6) is 5.75 Å². The van der Waals surface area contributed by atoms with Gasteiger partial charge in [-0.1, -0.05) is 23.2 Å². The van der Waals surface area contributed by atoms with Gasteiger partial charge in [-0.3, -0.25) is 4.79 Å². The van der Waals surface area contributed by atoms with Crippen LogP contribution in [0.3, 0.4) is 0 Å². The number of ether oxygens (including phenoxy) is 1. The minimum absolute atomic E-state index is 0.0120. The van der Waals surface area contributed by atoms with Gasteiger partial charge in [0, 0.05) is 23.7 Å². The maximum absolute atomic E-state index is 12.6. The summed E-state index contributed by atoms with van der Waals surface area (Å²) in [5, 5.41) is 12.6. The molecule has 10 heteroatoms. The van der Waals surface area contributed by atoms with Gasteiger partial charge in [-0.15, -0.1) is 0 Å². The molecule has 3 rings (SSSR count). The number of phenols is 1. The number of benzene rings is 2. The molecule has 1 unspecified atom stereocenters. The lowest BCUT2D eigenvalue weighted by atomic mass is 10.2. The molecule has 1 atom stereocenters. The molecular formula is C18H18Cl2N2O5S. The van der Waals surface area contributed by atoms with Crippen molar-refractivity contribution >= 4 is 44.8 Å². The number of nitrogens with one attached hydrogen (secondary N) is 2. The van der Waals surface area contributed by atoms with Crippen LogP contribution in [-0.2, 0) is 14.8 Å². The molecular weight excluding hydrogens is 427 g/mol. The quantitative estimate of drug-likeness (QED) is 0.592. The van der Waals surface area contributed by atoms with E-state index >= 15 is 0 Å². The van der Waals surface area contributed by atoms with Gasteiger partial charge in [0.1, 0.15) is 10.6 Å². The van der Waals surface area contributed by atoms with E-state index in [1.165, 1.54) is 36.4 Å². The normalized spacial score (nSPS) is 16.9. The largest absolute Gasteiger partial charge is 0.506 e. The molecule has 28 heavy (non-hydrogen) atoms. The molecule has 0 aliphatic carbocycles. The molecule has 0 aromatic heterocycles. The molecule has 7 nitrogen and oxygen atoms in total. The molecule has 1 fully saturated rings. The summed E-state index contributed by atoms with van der Waals surface area (Å²) in [6.45, 7) is 0.741. The summed E-state index contributed by atoms with van der Waals surface area (Å²) in [5.41, 5.74) is 0.162. The van der Waals surface area contributed by atoms with Crippen molar-refractivity contribution in [2.24, 2.45) is 0 Å². The number of carbonyl (C=O) groups is 1. The summed E-state index contributed by atoms with van der Waals surface area (Å²) in [4.78, 5) is 12.3. The third-order valence-corrected chi connectivity index (χ3v) is 6.35. The van der Waals surface area contributed by atoms with Crippen LogP contribution in [0.4, 0.5) is 5.69 Å². The summed E-state index contributed by atoms with van der Waals surface area (Å²) in [6.07, 6.45) is 1.49. The SMILES string of the molecule is O=C(Nc1cc(Cl)ccc1O)c1ccc(Cl)c(S(=O)(=O)NCC2CCCO2)c1. The highest BCUT2D eigenvalue weighted by Gasteiger charge is 2.23. The van der Waals surface area contributed by atoms with E-state index in [9.17, 15) is 18.3 Å². The Morgan fingerprint density at radius 3 is 2.71 bits per heavy atom. The van der Waals surface area contributed by atoms with Crippen LogP contribution in [0.2, 0.25) is 10.0 Å². The number of sulfonamides is 1. The Kier molecular flexibility index (Phi) is 6.47. The number of rotatable bonds is 6. The summed E-state index contributed by atoms with van der Waals surface area (Å²) < 4.78 is 33.1. The summed E-state index contributed by atoms with van der Waals surface area (Å²) in [5.74, 6) is -0.789. The minimum atomic E-state index is -3.93. The lowest BCUT2D eigenvalue weighted by Crippen LogP contribution is -2.32. The molecule has 3 N–H and O–H groups in total. The number of aromatic hydroxyl groups is 1. The fraction of sp³-hybridized carbons (Fsp3) is 0.278. The van der Waals surface area contributed by atoms with Crippen molar-refractivity contribution in [1.82, 2.24) is 4.72 Å². The van der Waals surface area contributed by atoms with E-state index < -0.39 is 15.9 Å². The van der Waals surface area contributed by atoms with Crippen molar-refractivity contribution in [3.8, 4) is 5.75 Å². The van der Waals surface area contributed by atoms with E-state index in [1.54, 1.807) is 0 Å². The number of amides is 1. The van der Waals surface area contributed by atoms with E-state index in [0.29, 0.717) is 11.6 Å². The summed E-state index contributed by atoms with van der Waals surface area (Å²) in [6, 6.07) is 8.08. The Morgan fingerprint density at radius 1 is 1.21 bits per heavy atom. The van der Waals surface area contributed by atoms with Crippen molar-refractivity contribution in [2.45, 2.75) is 23.8 Å². The van der Waals surface area contributed by atoms with Crippen LogP contribution in [0.15, 0.2) is 41.3 Å². The molecule has 0 spiro atoms. The zero-order valence-electron chi connectivity index (χ0n) is 14.6. The predicted molar refractivity (Wildman–Crippen MR) is 107 cm³/mol. The molecule has 0 radical (unpaired) electrons. The summed E-state index contributed by atoms with van der Waals surface area (Å²) in [7, 11) is -3.93. The zero-order valence-corrected chi connectivity index (χ0v) is 16.9. The van der Waals surface area contributed by atoms with Gasteiger partial charge in [-0.25, -0.2) is 13.1 Å². The van der Waals surface area contributed by atoms with Gasteiger partial charge >= 0.3 is 0 Å². The smallest absolute Gasteiger partial charge is 0.255 e. The van der Waals surface area contributed by atoms with Crippen molar-refractivity contribution in [2.75, 3.05) is 18.5 Å². The molecule has 150 valence electrons. The molecule has 1 aliphatic rings. The van der Waals surface area contributed by atoms with Gasteiger partial charge in [0.05, 0.1) is 16.8 Å². The topological polar surface area (TPSA) is 105 Å². The Morgan fingerprint density at radius 2 is 2.00 bits per heavy atom. The van der Waals surface area contributed by atoms with Gasteiger partial charge in [0.2, 0.25) is 10.0 Å².